The van der Waals surface area contributed by atoms with Crippen molar-refractivity contribution in [2.75, 3.05) is 5.32 Å². The predicted octanol–water partition coefficient (Wildman–Crippen LogP) is 5.29. The van der Waals surface area contributed by atoms with Gasteiger partial charge in [-0.15, -0.1) is 22.7 Å². The summed E-state index contributed by atoms with van der Waals surface area (Å²) in [5.74, 6) is -0.442. The van der Waals surface area contributed by atoms with Gasteiger partial charge in [-0.2, -0.15) is 0 Å². The van der Waals surface area contributed by atoms with Crippen LogP contribution >= 0.6 is 22.7 Å². The monoisotopic (exact) mass is 385 g/mol. The number of aromatic nitrogens is 2. The number of carbonyl (C=O) groups excluding carboxylic acids is 1. The van der Waals surface area contributed by atoms with Crippen molar-refractivity contribution in [1.29, 1.82) is 0 Å². The highest BCUT2D eigenvalue weighted by Gasteiger charge is 2.15. The highest BCUT2D eigenvalue weighted by molar-refractivity contribution is 7.18. The molecule has 0 unspecified atom stereocenters. The Hall–Kier alpha value is -2.51. The maximum atomic E-state index is 13.3. The van der Waals surface area contributed by atoms with E-state index in [1.54, 1.807) is 23.6 Å². The molecule has 4 nitrogen and oxygen atoms in total. The van der Waals surface area contributed by atoms with Gasteiger partial charge in [0.05, 0.1) is 17.0 Å². The number of benzene rings is 1. The van der Waals surface area contributed by atoms with Crippen molar-refractivity contribution in [2.24, 2.45) is 0 Å². The molecule has 4 rings (SSSR count). The van der Waals surface area contributed by atoms with Crippen LogP contribution in [-0.4, -0.2) is 15.9 Å². The van der Waals surface area contributed by atoms with Crippen molar-refractivity contribution in [1.82, 2.24) is 9.97 Å². The Labute approximate surface area is 157 Å². The van der Waals surface area contributed by atoms with Crippen molar-refractivity contribution in [3.63, 3.8) is 0 Å². The summed E-state index contributed by atoms with van der Waals surface area (Å²) in [5, 5.41) is 4.33. The van der Waals surface area contributed by atoms with Crippen LogP contribution < -0.4 is 5.32 Å². The topological polar surface area (TPSA) is 57.8 Å². The van der Waals surface area contributed by atoms with Gasteiger partial charge in [0.25, 0.3) is 0 Å². The highest BCUT2D eigenvalue weighted by Crippen LogP contribution is 2.34. The number of nitrogens with zero attached hydrogens (tertiary/aromatic N) is 1. The molecule has 0 bridgehead atoms. The van der Waals surface area contributed by atoms with Crippen LogP contribution in [0.2, 0.25) is 0 Å². The minimum absolute atomic E-state index is 0.141. The van der Waals surface area contributed by atoms with Crippen molar-refractivity contribution >= 4 is 44.6 Å². The van der Waals surface area contributed by atoms with E-state index in [0.29, 0.717) is 10.6 Å². The number of rotatable bonds is 4. The molecule has 0 aliphatic carbocycles. The number of carbonyl (C=O) groups is 1. The molecule has 132 valence electrons. The van der Waals surface area contributed by atoms with Gasteiger partial charge < -0.3 is 10.3 Å². The number of nitrogens with one attached hydrogen (secondary N) is 2. The highest BCUT2D eigenvalue weighted by atomic mass is 32.1. The minimum atomic E-state index is -0.301. The van der Waals surface area contributed by atoms with E-state index in [2.05, 4.69) is 34.3 Å². The molecule has 26 heavy (non-hydrogen) atoms. The Bertz CT molecular complexity index is 1110. The molecule has 0 fully saturated rings. The Morgan fingerprint density at radius 3 is 2.85 bits per heavy atom. The number of thiophene rings is 1. The van der Waals surface area contributed by atoms with Crippen LogP contribution in [0.1, 0.15) is 15.3 Å². The first-order chi connectivity index (χ1) is 12.5. The van der Waals surface area contributed by atoms with E-state index in [-0.39, 0.29) is 18.1 Å². The lowest BCUT2D eigenvalue weighted by Gasteiger charge is -2.01. The molecule has 4 aromatic rings. The van der Waals surface area contributed by atoms with Crippen LogP contribution in [0.15, 0.2) is 36.5 Å². The lowest BCUT2D eigenvalue weighted by molar-refractivity contribution is -0.115. The summed E-state index contributed by atoms with van der Waals surface area (Å²) in [6.07, 6.45) is 1.95. The molecule has 0 atom stereocenters. The summed E-state index contributed by atoms with van der Waals surface area (Å²) in [6.45, 7) is 4.07. The largest absolute Gasteiger partial charge is 0.361 e. The third-order valence-electron chi connectivity index (χ3n) is 4.10. The van der Waals surface area contributed by atoms with Crippen LogP contribution in [0.5, 0.6) is 0 Å². The molecule has 3 heterocycles. The average Bonchev–Trinajstić information content (AvgIpc) is 3.27. The third-order valence-corrected chi connectivity index (χ3v) is 5.99. The van der Waals surface area contributed by atoms with Crippen molar-refractivity contribution in [3.05, 3.63) is 57.7 Å². The van der Waals surface area contributed by atoms with E-state index in [1.165, 1.54) is 28.3 Å². The number of amides is 1. The molecule has 3 aromatic heterocycles. The van der Waals surface area contributed by atoms with Gasteiger partial charge in [0.15, 0.2) is 5.13 Å². The fraction of sp³-hybridized carbons (Fsp3) is 0.158. The van der Waals surface area contributed by atoms with E-state index >= 15 is 0 Å². The Balaban J connectivity index is 1.51. The summed E-state index contributed by atoms with van der Waals surface area (Å²) in [5.41, 5.74) is 2.44. The maximum Gasteiger partial charge on any atom is 0.230 e. The number of H-pyrrole nitrogens is 1. The lowest BCUT2D eigenvalue weighted by atomic mass is 10.1. The second-order valence-corrected chi connectivity index (χ2v) is 8.55. The first-order valence-electron chi connectivity index (χ1n) is 8.09. The summed E-state index contributed by atoms with van der Waals surface area (Å²) < 4.78 is 13.3. The SMILES string of the molecule is Cc1ccc(-c2nc(NC(=O)Cc3c[nH]c4cc(F)ccc34)sc2C)s1. The molecule has 0 aliphatic heterocycles. The molecule has 7 heteroatoms. The van der Waals surface area contributed by atoms with Gasteiger partial charge in [-0.25, -0.2) is 9.37 Å². The number of hydrogen-bond acceptors (Lipinski definition) is 4. The molecular formula is C19H16FN3OS2. The van der Waals surface area contributed by atoms with E-state index in [4.69, 9.17) is 0 Å². The second-order valence-electron chi connectivity index (χ2n) is 6.06. The van der Waals surface area contributed by atoms with Gasteiger partial charge in [0.1, 0.15) is 5.82 Å². The second kappa shape index (κ2) is 6.66. The van der Waals surface area contributed by atoms with Crippen molar-refractivity contribution < 1.29 is 9.18 Å². The zero-order chi connectivity index (χ0) is 18.3. The van der Waals surface area contributed by atoms with Crippen molar-refractivity contribution in [2.45, 2.75) is 20.3 Å². The van der Waals surface area contributed by atoms with Crippen molar-refractivity contribution in [3.8, 4) is 10.6 Å². The van der Waals surface area contributed by atoms with Gasteiger partial charge in [-0.1, -0.05) is 0 Å². The molecule has 0 radical (unpaired) electrons. The summed E-state index contributed by atoms with van der Waals surface area (Å²) in [4.78, 5) is 23.4. The van der Waals surface area contributed by atoms with Gasteiger partial charge in [0.2, 0.25) is 5.91 Å². The number of fused-ring (bicyclic) bond motifs is 1. The summed E-state index contributed by atoms with van der Waals surface area (Å²) in [7, 11) is 0. The summed E-state index contributed by atoms with van der Waals surface area (Å²) in [6, 6.07) is 8.64. The average molecular weight is 385 g/mol. The van der Waals surface area contributed by atoms with Crippen LogP contribution in [0.3, 0.4) is 0 Å². The van der Waals surface area contributed by atoms with Gasteiger partial charge in [0, 0.05) is 26.9 Å². The van der Waals surface area contributed by atoms with E-state index < -0.39 is 0 Å². The number of thiazole rings is 1. The molecule has 0 saturated heterocycles. The van der Waals surface area contributed by atoms with Crippen LogP contribution in [0.4, 0.5) is 9.52 Å². The number of halogens is 1. The Morgan fingerprint density at radius 1 is 1.23 bits per heavy atom. The van der Waals surface area contributed by atoms with Crippen LogP contribution in [0.25, 0.3) is 21.5 Å². The number of hydrogen-bond donors (Lipinski definition) is 2. The van der Waals surface area contributed by atoms with Gasteiger partial charge >= 0.3 is 0 Å². The zero-order valence-electron chi connectivity index (χ0n) is 14.2. The lowest BCUT2D eigenvalue weighted by Crippen LogP contribution is -2.13. The van der Waals surface area contributed by atoms with E-state index in [0.717, 1.165) is 26.4 Å². The number of aryl methyl sites for hydroxylation is 2. The molecule has 0 saturated carbocycles. The van der Waals surface area contributed by atoms with E-state index in [1.807, 2.05) is 6.92 Å². The van der Waals surface area contributed by atoms with Crippen LogP contribution in [-0.2, 0) is 11.2 Å². The normalized spacial score (nSPS) is 11.2. The molecule has 2 N–H and O–H groups in total. The molecule has 1 amide bonds. The maximum absolute atomic E-state index is 13.3. The standard InChI is InChI=1S/C19H16FN3OS2/c1-10-3-6-16(25-10)18-11(2)26-19(23-18)22-17(24)7-12-9-21-15-8-13(20)4-5-14(12)15/h3-6,8-9,21H,7H2,1-2H3,(H,22,23,24). The fourth-order valence-electron chi connectivity index (χ4n) is 2.88. The van der Waals surface area contributed by atoms with Gasteiger partial charge in [-0.05, 0) is 49.7 Å². The molecule has 0 spiro atoms. The third kappa shape index (κ3) is 3.27. The summed E-state index contributed by atoms with van der Waals surface area (Å²) >= 11 is 3.16. The van der Waals surface area contributed by atoms with Crippen LogP contribution in [0, 0.1) is 19.7 Å². The Kier molecular flexibility index (Phi) is 4.34. The zero-order valence-corrected chi connectivity index (χ0v) is 15.9. The molecule has 1 aromatic carbocycles. The first-order valence-corrected chi connectivity index (χ1v) is 9.72. The fourth-order valence-corrected chi connectivity index (χ4v) is 4.70. The predicted molar refractivity (Wildman–Crippen MR) is 105 cm³/mol. The number of aromatic amines is 1. The minimum Gasteiger partial charge on any atom is -0.361 e. The first kappa shape index (κ1) is 16.9. The smallest absolute Gasteiger partial charge is 0.230 e. The number of anilines is 1. The molecular weight excluding hydrogens is 369 g/mol. The Morgan fingerprint density at radius 2 is 2.08 bits per heavy atom. The molecule has 0 aliphatic rings. The van der Waals surface area contributed by atoms with E-state index in [9.17, 15) is 9.18 Å². The quantitative estimate of drug-likeness (QED) is 0.501. The van der Waals surface area contributed by atoms with Gasteiger partial charge in [-0.3, -0.25) is 4.79 Å².